The van der Waals surface area contributed by atoms with Gasteiger partial charge < -0.3 is 15.2 Å². The Hall–Kier alpha value is -0.970. The van der Waals surface area contributed by atoms with E-state index in [0.717, 1.165) is 25.7 Å². The normalized spacial score (nSPS) is 17.1. The summed E-state index contributed by atoms with van der Waals surface area (Å²) >= 11 is 12.2. The number of aliphatic hydroxyl groups is 1. The fraction of sp³-hybridized carbons (Fsp3) is 0.562. The van der Waals surface area contributed by atoms with Crippen molar-refractivity contribution in [1.29, 1.82) is 0 Å². The first-order valence-corrected chi connectivity index (χ1v) is 8.20. The van der Waals surface area contributed by atoms with E-state index in [-0.39, 0.29) is 29.2 Å². The molecule has 1 aromatic rings. The minimum absolute atomic E-state index is 0.0771. The molecular weight excluding hydrogens is 325 g/mol. The first kappa shape index (κ1) is 17.4. The van der Waals surface area contributed by atoms with Crippen molar-refractivity contribution in [2.24, 2.45) is 5.41 Å². The number of aliphatic hydroxyl groups excluding tert-OH is 1. The van der Waals surface area contributed by atoms with E-state index >= 15 is 0 Å². The molecule has 1 aliphatic carbocycles. The zero-order chi connectivity index (χ0) is 16.2. The summed E-state index contributed by atoms with van der Waals surface area (Å²) in [5.41, 5.74) is 0.00667. The first-order valence-electron chi connectivity index (χ1n) is 7.44. The van der Waals surface area contributed by atoms with Gasteiger partial charge in [0.15, 0.2) is 5.75 Å². The average Bonchev–Trinajstić information content (AvgIpc) is 2.55. The summed E-state index contributed by atoms with van der Waals surface area (Å²) in [6.07, 6.45) is 5.19. The van der Waals surface area contributed by atoms with Crippen LogP contribution < -0.4 is 10.1 Å². The number of rotatable bonds is 5. The van der Waals surface area contributed by atoms with Crippen LogP contribution in [-0.4, -0.2) is 31.3 Å². The molecule has 122 valence electrons. The van der Waals surface area contributed by atoms with E-state index < -0.39 is 0 Å². The van der Waals surface area contributed by atoms with Gasteiger partial charge in [0.25, 0.3) is 5.91 Å². The van der Waals surface area contributed by atoms with E-state index in [0.29, 0.717) is 16.6 Å². The Morgan fingerprint density at radius 1 is 1.27 bits per heavy atom. The molecule has 4 nitrogen and oxygen atoms in total. The van der Waals surface area contributed by atoms with Crippen molar-refractivity contribution < 1.29 is 14.6 Å². The van der Waals surface area contributed by atoms with Crippen molar-refractivity contribution in [3.05, 3.63) is 27.7 Å². The molecule has 22 heavy (non-hydrogen) atoms. The van der Waals surface area contributed by atoms with E-state index in [9.17, 15) is 9.90 Å². The third-order valence-electron chi connectivity index (χ3n) is 4.36. The Labute approximate surface area is 140 Å². The summed E-state index contributed by atoms with van der Waals surface area (Å²) in [4.78, 5) is 12.5. The number of ether oxygens (including phenoxy) is 1. The molecule has 0 aliphatic heterocycles. The van der Waals surface area contributed by atoms with E-state index in [1.54, 1.807) is 12.1 Å². The molecule has 1 fully saturated rings. The van der Waals surface area contributed by atoms with E-state index in [1.165, 1.54) is 13.5 Å². The number of carbonyl (C=O) groups is 1. The lowest BCUT2D eigenvalue weighted by Crippen LogP contribution is -2.41. The van der Waals surface area contributed by atoms with Crippen molar-refractivity contribution in [3.8, 4) is 5.75 Å². The quantitative estimate of drug-likeness (QED) is 0.855. The topological polar surface area (TPSA) is 58.6 Å². The fourth-order valence-electron chi connectivity index (χ4n) is 2.99. The highest BCUT2D eigenvalue weighted by Gasteiger charge is 2.32. The molecule has 2 rings (SSSR count). The monoisotopic (exact) mass is 345 g/mol. The summed E-state index contributed by atoms with van der Waals surface area (Å²) in [5.74, 6) is -0.0592. The number of methoxy groups -OCH3 is 1. The fourth-order valence-corrected chi connectivity index (χ4v) is 3.46. The molecule has 0 saturated heterocycles. The molecule has 0 radical (unpaired) electrons. The number of hydrogen-bond donors (Lipinski definition) is 2. The molecule has 0 atom stereocenters. The van der Waals surface area contributed by atoms with Crippen LogP contribution in [0.4, 0.5) is 0 Å². The molecule has 1 aromatic carbocycles. The van der Waals surface area contributed by atoms with E-state index in [2.05, 4.69) is 5.32 Å². The minimum atomic E-state index is -0.331. The molecule has 1 amide bonds. The van der Waals surface area contributed by atoms with Crippen LogP contribution in [0.15, 0.2) is 12.1 Å². The molecule has 2 N–H and O–H groups in total. The molecule has 0 bridgehead atoms. The van der Waals surface area contributed by atoms with Crippen LogP contribution in [-0.2, 0) is 0 Å². The summed E-state index contributed by atoms with van der Waals surface area (Å²) in [6.45, 7) is 0.502. The highest BCUT2D eigenvalue weighted by molar-refractivity contribution is 6.37. The summed E-state index contributed by atoms with van der Waals surface area (Å²) in [7, 11) is 1.45. The molecule has 0 aromatic heterocycles. The van der Waals surface area contributed by atoms with Crippen molar-refractivity contribution in [2.45, 2.75) is 32.1 Å². The lowest BCUT2D eigenvalue weighted by molar-refractivity contribution is 0.0716. The van der Waals surface area contributed by atoms with Gasteiger partial charge in [-0.3, -0.25) is 4.79 Å². The predicted octanol–water partition coefficient (Wildman–Crippen LogP) is 3.67. The van der Waals surface area contributed by atoms with Crippen molar-refractivity contribution in [2.75, 3.05) is 20.3 Å². The smallest absolute Gasteiger partial charge is 0.256 e. The molecule has 0 unspecified atom stereocenters. The van der Waals surface area contributed by atoms with Crippen molar-refractivity contribution in [3.63, 3.8) is 0 Å². The number of benzene rings is 1. The van der Waals surface area contributed by atoms with Gasteiger partial charge in [-0.05, 0) is 25.0 Å². The zero-order valence-corrected chi connectivity index (χ0v) is 14.1. The highest BCUT2D eigenvalue weighted by atomic mass is 35.5. The molecule has 6 heteroatoms. The zero-order valence-electron chi connectivity index (χ0n) is 12.6. The van der Waals surface area contributed by atoms with Crippen molar-refractivity contribution in [1.82, 2.24) is 5.32 Å². The predicted molar refractivity (Wildman–Crippen MR) is 88.0 cm³/mol. The third-order valence-corrected chi connectivity index (χ3v) is 4.98. The van der Waals surface area contributed by atoms with Crippen LogP contribution in [0.5, 0.6) is 5.75 Å². The number of carbonyl (C=O) groups excluding carboxylic acids is 1. The van der Waals surface area contributed by atoms with E-state index in [4.69, 9.17) is 27.9 Å². The second-order valence-electron chi connectivity index (χ2n) is 5.84. The van der Waals surface area contributed by atoms with Gasteiger partial charge in [-0.2, -0.15) is 0 Å². The summed E-state index contributed by atoms with van der Waals surface area (Å²) < 4.78 is 5.19. The molecule has 0 heterocycles. The number of amides is 1. The Kier molecular flexibility index (Phi) is 5.95. The maximum atomic E-state index is 12.5. The van der Waals surface area contributed by atoms with Gasteiger partial charge in [0.2, 0.25) is 0 Å². The van der Waals surface area contributed by atoms with Gasteiger partial charge in [0, 0.05) is 12.0 Å². The average molecular weight is 346 g/mol. The van der Waals surface area contributed by atoms with E-state index in [1.807, 2.05) is 0 Å². The number of halogens is 2. The van der Waals surface area contributed by atoms with Gasteiger partial charge in [-0.25, -0.2) is 0 Å². The van der Waals surface area contributed by atoms with Crippen molar-refractivity contribution >= 4 is 29.1 Å². The second kappa shape index (κ2) is 7.53. The maximum Gasteiger partial charge on any atom is 0.256 e. The largest absolute Gasteiger partial charge is 0.494 e. The Morgan fingerprint density at radius 2 is 1.91 bits per heavy atom. The van der Waals surface area contributed by atoms with Crippen LogP contribution in [0.3, 0.4) is 0 Å². The highest BCUT2D eigenvalue weighted by Crippen LogP contribution is 2.36. The summed E-state index contributed by atoms with van der Waals surface area (Å²) in [6, 6.07) is 3.17. The van der Waals surface area contributed by atoms with Gasteiger partial charge in [-0.15, -0.1) is 0 Å². The summed E-state index contributed by atoms with van der Waals surface area (Å²) in [5, 5.41) is 13.2. The second-order valence-corrected chi connectivity index (χ2v) is 6.65. The third kappa shape index (κ3) is 3.67. The maximum absolute atomic E-state index is 12.5. The Morgan fingerprint density at radius 3 is 2.50 bits per heavy atom. The van der Waals surface area contributed by atoms with Gasteiger partial charge in [0.1, 0.15) is 5.56 Å². The number of nitrogens with one attached hydrogen (secondary N) is 1. The molecule has 0 spiro atoms. The van der Waals surface area contributed by atoms with Crippen LogP contribution >= 0.6 is 23.2 Å². The molecular formula is C16H21Cl2NO3. The van der Waals surface area contributed by atoms with Crippen LogP contribution in [0.25, 0.3) is 0 Å². The standard InChI is InChI=1S/C16H21Cl2NO3/c1-22-14-12(18)6-5-11(17)13(14)15(21)19-9-16(10-20)7-3-2-4-8-16/h5-6,20H,2-4,7-10H2,1H3,(H,19,21). The minimum Gasteiger partial charge on any atom is -0.494 e. The van der Waals surface area contributed by atoms with Crippen LogP contribution in [0.1, 0.15) is 42.5 Å². The lowest BCUT2D eigenvalue weighted by Gasteiger charge is -2.35. The SMILES string of the molecule is COc1c(Cl)ccc(Cl)c1C(=O)NCC1(CO)CCCCC1. The van der Waals surface area contributed by atoms with Crippen LogP contribution in [0, 0.1) is 5.41 Å². The Bertz CT molecular complexity index is 542. The lowest BCUT2D eigenvalue weighted by atomic mass is 9.74. The first-order chi connectivity index (χ1) is 10.5. The molecule has 1 saturated carbocycles. The molecule has 1 aliphatic rings. The number of hydrogen-bond acceptors (Lipinski definition) is 3. The van der Waals surface area contributed by atoms with Crippen LogP contribution in [0.2, 0.25) is 10.0 Å². The Balaban J connectivity index is 2.14. The van der Waals surface area contributed by atoms with Gasteiger partial charge in [0.05, 0.1) is 23.8 Å². The van der Waals surface area contributed by atoms with Gasteiger partial charge in [-0.1, -0.05) is 42.5 Å². The van der Waals surface area contributed by atoms with Gasteiger partial charge >= 0.3 is 0 Å².